The summed E-state index contributed by atoms with van der Waals surface area (Å²) in [5.41, 5.74) is 6.68. The predicted molar refractivity (Wildman–Crippen MR) is 61.1 cm³/mol. The van der Waals surface area contributed by atoms with Gasteiger partial charge in [-0.25, -0.2) is 14.6 Å². The molecule has 0 fully saturated rings. The second-order valence-electron chi connectivity index (χ2n) is 3.61. The molecule has 0 aliphatic carbocycles. The number of aromatic nitrogens is 4. The molecule has 2 heterocycles. The molecule has 0 spiro atoms. The molecular weight excluding hydrogens is 202 g/mol. The van der Waals surface area contributed by atoms with Crippen molar-refractivity contribution in [3.8, 4) is 5.82 Å². The van der Waals surface area contributed by atoms with Crippen molar-refractivity contribution in [1.82, 2.24) is 19.7 Å². The lowest BCUT2D eigenvalue weighted by molar-refractivity contribution is 0.741. The van der Waals surface area contributed by atoms with Crippen LogP contribution in [0, 0.1) is 0 Å². The van der Waals surface area contributed by atoms with E-state index in [0.717, 1.165) is 31.6 Å². The van der Waals surface area contributed by atoms with Crippen molar-refractivity contribution in [2.75, 3.05) is 6.54 Å². The van der Waals surface area contributed by atoms with Crippen molar-refractivity contribution < 1.29 is 0 Å². The predicted octanol–water partition coefficient (Wildman–Crippen LogP) is 0.944. The van der Waals surface area contributed by atoms with Crippen LogP contribution in [-0.4, -0.2) is 26.3 Å². The first kappa shape index (κ1) is 10.8. The third kappa shape index (κ3) is 2.64. The van der Waals surface area contributed by atoms with Crippen molar-refractivity contribution in [1.29, 1.82) is 0 Å². The normalized spacial score (nSPS) is 10.6. The summed E-state index contributed by atoms with van der Waals surface area (Å²) < 4.78 is 1.64. The number of hydrogen-bond donors (Lipinski definition) is 1. The van der Waals surface area contributed by atoms with Gasteiger partial charge in [0.15, 0.2) is 5.82 Å². The molecule has 5 heteroatoms. The zero-order valence-electron chi connectivity index (χ0n) is 9.08. The summed E-state index contributed by atoms with van der Waals surface area (Å²) in [4.78, 5) is 8.21. The van der Waals surface area contributed by atoms with Crippen molar-refractivity contribution in [2.24, 2.45) is 5.73 Å². The van der Waals surface area contributed by atoms with E-state index >= 15 is 0 Å². The number of nitrogens with zero attached hydrogens (tertiary/aromatic N) is 4. The van der Waals surface area contributed by atoms with Gasteiger partial charge in [-0.1, -0.05) is 6.07 Å². The molecule has 0 atom stereocenters. The summed E-state index contributed by atoms with van der Waals surface area (Å²) in [6, 6.07) is 4.02. The van der Waals surface area contributed by atoms with Gasteiger partial charge in [0.2, 0.25) is 0 Å². The number of rotatable bonds is 5. The van der Waals surface area contributed by atoms with Crippen LogP contribution in [0.2, 0.25) is 0 Å². The highest BCUT2D eigenvalue weighted by atomic mass is 15.3. The van der Waals surface area contributed by atoms with Gasteiger partial charge in [-0.2, -0.15) is 5.10 Å². The molecule has 0 aliphatic heterocycles. The van der Waals surface area contributed by atoms with Crippen molar-refractivity contribution >= 4 is 0 Å². The third-order valence-electron chi connectivity index (χ3n) is 2.38. The lowest BCUT2D eigenvalue weighted by Crippen LogP contribution is -2.00. The van der Waals surface area contributed by atoms with Crippen LogP contribution in [0.15, 0.2) is 31.0 Å². The maximum Gasteiger partial charge on any atom is 0.155 e. The Morgan fingerprint density at radius 2 is 2.19 bits per heavy atom. The van der Waals surface area contributed by atoms with E-state index in [1.807, 2.05) is 12.3 Å². The van der Waals surface area contributed by atoms with Gasteiger partial charge in [0, 0.05) is 6.20 Å². The Morgan fingerprint density at radius 3 is 2.81 bits per heavy atom. The number of nitrogens with two attached hydrogens (primary N) is 1. The minimum Gasteiger partial charge on any atom is -0.330 e. The molecule has 0 radical (unpaired) electrons. The lowest BCUT2D eigenvalue weighted by Gasteiger charge is -2.02. The summed E-state index contributed by atoms with van der Waals surface area (Å²) in [5.74, 6) is 0.792. The van der Waals surface area contributed by atoms with E-state index < -0.39 is 0 Å². The summed E-state index contributed by atoms with van der Waals surface area (Å²) in [7, 11) is 0. The second-order valence-corrected chi connectivity index (χ2v) is 3.61. The fourth-order valence-corrected chi connectivity index (χ4v) is 1.50. The highest BCUT2D eigenvalue weighted by Gasteiger charge is 1.98. The Kier molecular flexibility index (Phi) is 3.61. The van der Waals surface area contributed by atoms with Crippen LogP contribution in [0.1, 0.15) is 18.4 Å². The van der Waals surface area contributed by atoms with Gasteiger partial charge in [-0.05, 0) is 37.4 Å². The van der Waals surface area contributed by atoms with Gasteiger partial charge in [0.1, 0.15) is 12.7 Å². The maximum atomic E-state index is 5.45. The first-order valence-corrected chi connectivity index (χ1v) is 5.40. The van der Waals surface area contributed by atoms with Crippen LogP contribution in [0.3, 0.4) is 0 Å². The first-order valence-electron chi connectivity index (χ1n) is 5.40. The Morgan fingerprint density at radius 1 is 1.25 bits per heavy atom. The number of unbranched alkanes of at least 4 members (excludes halogenated alkanes) is 1. The van der Waals surface area contributed by atoms with Gasteiger partial charge in [0.25, 0.3) is 0 Å². The molecule has 0 aromatic carbocycles. The zero-order valence-corrected chi connectivity index (χ0v) is 9.08. The SMILES string of the molecule is NCCCCc1ccc(-n2cncn2)nc1. The summed E-state index contributed by atoms with van der Waals surface area (Å²) in [6.07, 6.45) is 8.22. The summed E-state index contributed by atoms with van der Waals surface area (Å²) in [5, 5.41) is 4.02. The highest BCUT2D eigenvalue weighted by molar-refractivity contribution is 5.23. The molecule has 2 aromatic rings. The Bertz CT molecular complexity index is 406. The number of hydrogen-bond acceptors (Lipinski definition) is 4. The van der Waals surface area contributed by atoms with E-state index in [0.29, 0.717) is 0 Å². The fraction of sp³-hybridized carbons (Fsp3) is 0.364. The van der Waals surface area contributed by atoms with E-state index in [4.69, 9.17) is 5.73 Å². The molecule has 2 rings (SSSR count). The van der Waals surface area contributed by atoms with E-state index in [-0.39, 0.29) is 0 Å². The molecule has 0 saturated carbocycles. The number of pyridine rings is 1. The van der Waals surface area contributed by atoms with Crippen LogP contribution < -0.4 is 5.73 Å². The average Bonchev–Trinajstić information content (AvgIpc) is 2.84. The van der Waals surface area contributed by atoms with Gasteiger partial charge in [-0.3, -0.25) is 0 Å². The topological polar surface area (TPSA) is 69.6 Å². The van der Waals surface area contributed by atoms with E-state index in [1.165, 1.54) is 11.9 Å². The van der Waals surface area contributed by atoms with Crippen molar-refractivity contribution in [3.63, 3.8) is 0 Å². The minimum absolute atomic E-state index is 0.754. The quantitative estimate of drug-likeness (QED) is 0.757. The molecule has 0 unspecified atom stereocenters. The molecule has 2 N–H and O–H groups in total. The average molecular weight is 217 g/mol. The van der Waals surface area contributed by atoms with Crippen LogP contribution >= 0.6 is 0 Å². The molecule has 0 aliphatic rings. The summed E-state index contributed by atoms with van der Waals surface area (Å²) >= 11 is 0. The Hall–Kier alpha value is -1.75. The fourth-order valence-electron chi connectivity index (χ4n) is 1.50. The monoisotopic (exact) mass is 217 g/mol. The van der Waals surface area contributed by atoms with Crippen LogP contribution in [0.25, 0.3) is 5.82 Å². The first-order chi connectivity index (χ1) is 7.90. The number of aryl methyl sites for hydroxylation is 1. The van der Waals surface area contributed by atoms with Crippen LogP contribution in [0.5, 0.6) is 0 Å². The smallest absolute Gasteiger partial charge is 0.155 e. The molecule has 16 heavy (non-hydrogen) atoms. The maximum absolute atomic E-state index is 5.45. The zero-order chi connectivity index (χ0) is 11.2. The van der Waals surface area contributed by atoms with Gasteiger partial charge >= 0.3 is 0 Å². The largest absolute Gasteiger partial charge is 0.330 e. The molecular formula is C11H15N5. The van der Waals surface area contributed by atoms with Gasteiger partial charge < -0.3 is 5.73 Å². The molecule has 0 saturated heterocycles. The Labute approximate surface area is 94.3 Å². The van der Waals surface area contributed by atoms with E-state index in [2.05, 4.69) is 21.1 Å². The minimum atomic E-state index is 0.754. The van der Waals surface area contributed by atoms with Gasteiger partial charge in [0.05, 0.1) is 0 Å². The molecule has 0 bridgehead atoms. The molecule has 5 nitrogen and oxygen atoms in total. The van der Waals surface area contributed by atoms with Crippen LogP contribution in [0.4, 0.5) is 0 Å². The Balaban J connectivity index is 2.00. The molecule has 2 aromatic heterocycles. The van der Waals surface area contributed by atoms with Crippen molar-refractivity contribution in [3.05, 3.63) is 36.5 Å². The molecule has 0 amide bonds. The third-order valence-corrected chi connectivity index (χ3v) is 2.38. The lowest BCUT2D eigenvalue weighted by atomic mass is 10.1. The van der Waals surface area contributed by atoms with Crippen molar-refractivity contribution in [2.45, 2.75) is 19.3 Å². The van der Waals surface area contributed by atoms with E-state index in [1.54, 1.807) is 11.0 Å². The highest BCUT2D eigenvalue weighted by Crippen LogP contribution is 2.06. The van der Waals surface area contributed by atoms with Gasteiger partial charge in [-0.15, -0.1) is 0 Å². The standard InChI is InChI=1S/C11H15N5/c12-6-2-1-3-10-4-5-11(14-7-10)16-9-13-8-15-16/h4-5,7-9H,1-3,6,12H2. The summed E-state index contributed by atoms with van der Waals surface area (Å²) in [6.45, 7) is 0.754. The van der Waals surface area contributed by atoms with E-state index in [9.17, 15) is 0 Å². The molecule has 84 valence electrons. The van der Waals surface area contributed by atoms with Crippen LogP contribution in [-0.2, 0) is 6.42 Å². The second kappa shape index (κ2) is 5.37.